The Kier molecular flexibility index (Phi) is 9.08. The van der Waals surface area contributed by atoms with Crippen LogP contribution >= 0.6 is 0 Å². The lowest BCUT2D eigenvalue weighted by Gasteiger charge is -2.23. The average Bonchev–Trinajstić information content (AvgIpc) is 3.31. The zero-order valence-electron chi connectivity index (χ0n) is 19.8. The molecule has 3 rings (SSSR count). The topological polar surface area (TPSA) is 93.9 Å². The van der Waals surface area contributed by atoms with Crippen LogP contribution in [0.4, 0.5) is 0 Å². The number of methoxy groups -OCH3 is 1. The molecule has 0 aliphatic rings. The van der Waals surface area contributed by atoms with E-state index in [9.17, 15) is 9.59 Å². The summed E-state index contributed by atoms with van der Waals surface area (Å²) in [5.74, 6) is 1.63. The first-order chi connectivity index (χ1) is 16.4. The Balaban J connectivity index is 1.52. The Hall–Kier alpha value is -3.81. The maximum absolute atomic E-state index is 12.8. The van der Waals surface area contributed by atoms with E-state index in [0.717, 1.165) is 11.3 Å². The number of hydrogen-bond acceptors (Lipinski definition) is 6. The first-order valence-corrected chi connectivity index (χ1v) is 11.3. The van der Waals surface area contributed by atoms with Crippen LogP contribution in [0.15, 0.2) is 65.2 Å². The Morgan fingerprint density at radius 1 is 1.06 bits per heavy atom. The standard InChI is InChI=1S/C26H31N3O5/c1-19(2)16-29(25(30)18-33-22-7-5-4-6-8-22)17-23-15-24(28-34-23)26(31)27-14-13-20-9-11-21(32-3)12-10-20/h4-12,15,19H,13-14,16-18H2,1-3H3,(H,27,31). The third kappa shape index (κ3) is 7.65. The summed E-state index contributed by atoms with van der Waals surface area (Å²) < 4.78 is 16.1. The van der Waals surface area contributed by atoms with Crippen LogP contribution in [0.1, 0.15) is 35.7 Å². The maximum Gasteiger partial charge on any atom is 0.273 e. The highest BCUT2D eigenvalue weighted by molar-refractivity contribution is 5.92. The minimum absolute atomic E-state index is 0.0798. The molecule has 8 nitrogen and oxygen atoms in total. The summed E-state index contributed by atoms with van der Waals surface area (Å²) in [6.45, 7) is 5.18. The van der Waals surface area contributed by atoms with Crippen LogP contribution in [0.5, 0.6) is 11.5 Å². The normalized spacial score (nSPS) is 10.7. The molecule has 1 aromatic heterocycles. The predicted molar refractivity (Wildman–Crippen MR) is 128 cm³/mol. The highest BCUT2D eigenvalue weighted by atomic mass is 16.5. The van der Waals surface area contributed by atoms with Gasteiger partial charge in [0.25, 0.3) is 11.8 Å². The number of aromatic nitrogens is 1. The van der Waals surface area contributed by atoms with Crippen LogP contribution in [0.2, 0.25) is 0 Å². The van der Waals surface area contributed by atoms with Crippen LogP contribution in [-0.2, 0) is 17.8 Å². The van der Waals surface area contributed by atoms with Crippen molar-refractivity contribution in [3.63, 3.8) is 0 Å². The minimum Gasteiger partial charge on any atom is -0.497 e. The lowest BCUT2D eigenvalue weighted by molar-refractivity contribution is -0.134. The molecule has 0 spiro atoms. The van der Waals surface area contributed by atoms with Crippen LogP contribution in [0, 0.1) is 5.92 Å². The third-order valence-electron chi connectivity index (χ3n) is 5.04. The summed E-state index contributed by atoms with van der Waals surface area (Å²) in [5, 5.41) is 6.72. The van der Waals surface area contributed by atoms with Gasteiger partial charge in [0.2, 0.25) is 0 Å². The lowest BCUT2D eigenvalue weighted by atomic mass is 10.1. The zero-order chi connectivity index (χ0) is 24.3. The van der Waals surface area contributed by atoms with E-state index in [1.54, 1.807) is 30.2 Å². The monoisotopic (exact) mass is 465 g/mol. The number of para-hydroxylation sites is 1. The molecule has 0 atom stereocenters. The molecule has 0 saturated carbocycles. The van der Waals surface area contributed by atoms with E-state index >= 15 is 0 Å². The van der Waals surface area contributed by atoms with Crippen molar-refractivity contribution < 1.29 is 23.6 Å². The molecule has 0 unspecified atom stereocenters. The van der Waals surface area contributed by atoms with Gasteiger partial charge in [-0.15, -0.1) is 0 Å². The smallest absolute Gasteiger partial charge is 0.273 e. The number of rotatable bonds is 12. The van der Waals surface area contributed by atoms with Crippen molar-refractivity contribution in [2.45, 2.75) is 26.8 Å². The molecule has 3 aromatic rings. The summed E-state index contributed by atoms with van der Waals surface area (Å²) in [6, 6.07) is 18.5. The van der Waals surface area contributed by atoms with Crippen molar-refractivity contribution in [2.75, 3.05) is 26.8 Å². The molecule has 0 bridgehead atoms. The SMILES string of the molecule is COc1ccc(CCNC(=O)c2cc(CN(CC(C)C)C(=O)COc3ccccc3)on2)cc1. The second-order valence-corrected chi connectivity index (χ2v) is 8.30. The first kappa shape index (κ1) is 24.8. The molecule has 0 radical (unpaired) electrons. The van der Waals surface area contributed by atoms with Gasteiger partial charge < -0.3 is 24.2 Å². The highest BCUT2D eigenvalue weighted by Gasteiger charge is 2.20. The number of carbonyl (C=O) groups is 2. The van der Waals surface area contributed by atoms with Crippen LogP contribution in [0.25, 0.3) is 0 Å². The van der Waals surface area contributed by atoms with E-state index in [1.807, 2.05) is 56.3 Å². The second-order valence-electron chi connectivity index (χ2n) is 8.30. The molecule has 0 fully saturated rings. The predicted octanol–water partition coefficient (Wildman–Crippen LogP) is 3.72. The van der Waals surface area contributed by atoms with Gasteiger partial charge in [0.1, 0.15) is 11.5 Å². The van der Waals surface area contributed by atoms with Crippen molar-refractivity contribution in [1.29, 1.82) is 0 Å². The molecule has 2 amide bonds. The van der Waals surface area contributed by atoms with Crippen molar-refractivity contribution >= 4 is 11.8 Å². The molecule has 180 valence electrons. The number of amides is 2. The van der Waals surface area contributed by atoms with Crippen molar-refractivity contribution in [2.24, 2.45) is 5.92 Å². The summed E-state index contributed by atoms with van der Waals surface area (Å²) >= 11 is 0. The fraction of sp³-hybridized carbons (Fsp3) is 0.346. The fourth-order valence-electron chi connectivity index (χ4n) is 3.33. The molecule has 1 heterocycles. The summed E-state index contributed by atoms with van der Waals surface area (Å²) in [7, 11) is 1.62. The Labute approximate surface area is 199 Å². The molecule has 8 heteroatoms. The van der Waals surface area contributed by atoms with Gasteiger partial charge in [-0.3, -0.25) is 9.59 Å². The zero-order valence-corrected chi connectivity index (χ0v) is 19.8. The van der Waals surface area contributed by atoms with E-state index < -0.39 is 0 Å². The summed E-state index contributed by atoms with van der Waals surface area (Å²) in [6.07, 6.45) is 0.679. The maximum atomic E-state index is 12.8. The van der Waals surface area contributed by atoms with Crippen molar-refractivity contribution in [1.82, 2.24) is 15.4 Å². The minimum atomic E-state index is -0.322. The summed E-state index contributed by atoms with van der Waals surface area (Å²) in [5.41, 5.74) is 1.27. The number of ether oxygens (including phenoxy) is 2. The second kappa shape index (κ2) is 12.4. The summed E-state index contributed by atoms with van der Waals surface area (Å²) in [4.78, 5) is 26.9. The number of carbonyl (C=O) groups excluding carboxylic acids is 2. The molecule has 34 heavy (non-hydrogen) atoms. The number of nitrogens with one attached hydrogen (secondary N) is 1. The molecular weight excluding hydrogens is 434 g/mol. The van der Waals surface area contributed by atoms with Crippen molar-refractivity contribution in [3.05, 3.63) is 77.7 Å². The van der Waals surface area contributed by atoms with Gasteiger partial charge in [0, 0.05) is 19.2 Å². The Bertz CT molecular complexity index is 1050. The molecule has 0 aliphatic heterocycles. The van der Waals surface area contributed by atoms with E-state index in [2.05, 4.69) is 10.5 Å². The van der Waals surface area contributed by atoms with Gasteiger partial charge in [-0.2, -0.15) is 0 Å². The number of benzene rings is 2. The van der Waals surface area contributed by atoms with Gasteiger partial charge >= 0.3 is 0 Å². The van der Waals surface area contributed by atoms with E-state index in [1.165, 1.54) is 0 Å². The van der Waals surface area contributed by atoms with E-state index in [-0.39, 0.29) is 36.6 Å². The van der Waals surface area contributed by atoms with E-state index in [4.69, 9.17) is 14.0 Å². The largest absolute Gasteiger partial charge is 0.497 e. The first-order valence-electron chi connectivity index (χ1n) is 11.3. The van der Waals surface area contributed by atoms with Crippen LogP contribution in [-0.4, -0.2) is 48.7 Å². The van der Waals surface area contributed by atoms with Gasteiger partial charge in [-0.1, -0.05) is 49.3 Å². The molecule has 0 saturated heterocycles. The molecular formula is C26H31N3O5. The van der Waals surface area contributed by atoms with Gasteiger partial charge in [0.15, 0.2) is 18.1 Å². The quantitative estimate of drug-likeness (QED) is 0.438. The van der Waals surface area contributed by atoms with Crippen LogP contribution in [0.3, 0.4) is 0 Å². The van der Waals surface area contributed by atoms with E-state index in [0.29, 0.717) is 31.0 Å². The molecule has 0 aliphatic carbocycles. The average molecular weight is 466 g/mol. The Morgan fingerprint density at radius 3 is 2.47 bits per heavy atom. The third-order valence-corrected chi connectivity index (χ3v) is 5.04. The number of nitrogens with zero attached hydrogens (tertiary/aromatic N) is 2. The van der Waals surface area contributed by atoms with Crippen LogP contribution < -0.4 is 14.8 Å². The molecule has 1 N–H and O–H groups in total. The fourth-order valence-corrected chi connectivity index (χ4v) is 3.33. The van der Waals surface area contributed by atoms with Crippen molar-refractivity contribution in [3.8, 4) is 11.5 Å². The van der Waals surface area contributed by atoms with Gasteiger partial charge in [-0.05, 0) is 42.2 Å². The highest BCUT2D eigenvalue weighted by Crippen LogP contribution is 2.13. The molecule has 2 aromatic carbocycles. The number of hydrogen-bond donors (Lipinski definition) is 1. The van der Waals surface area contributed by atoms with Gasteiger partial charge in [0.05, 0.1) is 13.7 Å². The Morgan fingerprint density at radius 2 is 1.79 bits per heavy atom. The van der Waals surface area contributed by atoms with Gasteiger partial charge in [-0.25, -0.2) is 0 Å². The lowest BCUT2D eigenvalue weighted by Crippen LogP contribution is -2.37.